The lowest BCUT2D eigenvalue weighted by Crippen LogP contribution is -2.30. The normalized spacial score (nSPS) is 16.2. The molecule has 1 heterocycles. The van der Waals surface area contributed by atoms with E-state index in [1.54, 1.807) is 11.8 Å². The van der Waals surface area contributed by atoms with Gasteiger partial charge in [0.05, 0.1) is 17.1 Å². The van der Waals surface area contributed by atoms with Crippen molar-refractivity contribution in [2.45, 2.75) is 25.3 Å². The number of amides is 1. The molecule has 1 atom stereocenters. The number of nitrogens with one attached hydrogen (secondary N) is 2. The van der Waals surface area contributed by atoms with Gasteiger partial charge in [-0.3, -0.25) is 4.79 Å². The molecule has 1 unspecified atom stereocenters. The molecule has 1 fully saturated rings. The molecular formula is C15H19N3OS. The van der Waals surface area contributed by atoms with Gasteiger partial charge in [0, 0.05) is 5.92 Å². The maximum absolute atomic E-state index is 12.0. The summed E-state index contributed by atoms with van der Waals surface area (Å²) in [6.07, 6.45) is 5.04. The van der Waals surface area contributed by atoms with E-state index in [2.05, 4.69) is 21.5 Å². The highest BCUT2D eigenvalue weighted by Crippen LogP contribution is 2.30. The first-order valence-corrected chi connectivity index (χ1v) is 8.41. The molecule has 1 amide bonds. The van der Waals surface area contributed by atoms with E-state index in [0.29, 0.717) is 0 Å². The van der Waals surface area contributed by atoms with Crippen LogP contribution in [0.3, 0.4) is 0 Å². The summed E-state index contributed by atoms with van der Waals surface area (Å²) in [6.45, 7) is 0. The molecule has 1 aromatic carbocycles. The van der Waals surface area contributed by atoms with Crippen LogP contribution in [0, 0.1) is 5.92 Å². The van der Waals surface area contributed by atoms with Crippen molar-refractivity contribution >= 4 is 28.7 Å². The summed E-state index contributed by atoms with van der Waals surface area (Å²) in [7, 11) is 0. The predicted octanol–water partition coefficient (Wildman–Crippen LogP) is 2.88. The van der Waals surface area contributed by atoms with Crippen molar-refractivity contribution in [2.24, 2.45) is 5.92 Å². The summed E-state index contributed by atoms with van der Waals surface area (Å²) < 4.78 is 0. The van der Waals surface area contributed by atoms with Crippen LogP contribution in [0.2, 0.25) is 0 Å². The van der Waals surface area contributed by atoms with Crippen LogP contribution in [0.4, 0.5) is 0 Å². The Labute approximate surface area is 122 Å². The Balaban J connectivity index is 1.80. The molecule has 1 aromatic heterocycles. The number of H-pyrrole nitrogens is 1. The lowest BCUT2D eigenvalue weighted by Gasteiger charge is -2.16. The van der Waals surface area contributed by atoms with Crippen molar-refractivity contribution in [1.29, 1.82) is 0 Å². The fourth-order valence-electron chi connectivity index (χ4n) is 2.29. The number of thioether (sulfide) groups is 1. The van der Waals surface area contributed by atoms with Gasteiger partial charge in [0.2, 0.25) is 5.91 Å². The van der Waals surface area contributed by atoms with Crippen LogP contribution in [-0.4, -0.2) is 27.9 Å². The molecule has 106 valence electrons. The number of benzene rings is 1. The first-order chi connectivity index (χ1) is 9.78. The number of aromatic amines is 1. The Morgan fingerprint density at radius 1 is 1.50 bits per heavy atom. The number of para-hydroxylation sites is 2. The van der Waals surface area contributed by atoms with E-state index in [-0.39, 0.29) is 17.9 Å². The molecule has 0 radical (unpaired) electrons. The Hall–Kier alpha value is -1.49. The van der Waals surface area contributed by atoms with E-state index >= 15 is 0 Å². The van der Waals surface area contributed by atoms with E-state index in [1.165, 1.54) is 0 Å². The van der Waals surface area contributed by atoms with Crippen LogP contribution in [0.1, 0.15) is 31.1 Å². The smallest absolute Gasteiger partial charge is 0.223 e. The SMILES string of the molecule is CSCCC(NC(=O)C1CC1)c1nc2ccccc2[nH]1. The van der Waals surface area contributed by atoms with Crippen molar-refractivity contribution in [3.8, 4) is 0 Å². The second kappa shape index (κ2) is 5.87. The van der Waals surface area contributed by atoms with E-state index in [9.17, 15) is 4.79 Å². The van der Waals surface area contributed by atoms with Crippen LogP contribution in [-0.2, 0) is 4.79 Å². The lowest BCUT2D eigenvalue weighted by molar-refractivity contribution is -0.123. The molecule has 4 nitrogen and oxygen atoms in total. The maximum atomic E-state index is 12.0. The van der Waals surface area contributed by atoms with Gasteiger partial charge < -0.3 is 10.3 Å². The average Bonchev–Trinajstić information content (AvgIpc) is 3.22. The highest BCUT2D eigenvalue weighted by Gasteiger charge is 2.31. The second-order valence-corrected chi connectivity index (χ2v) is 6.24. The average molecular weight is 289 g/mol. The molecule has 1 saturated carbocycles. The highest BCUT2D eigenvalue weighted by atomic mass is 32.2. The summed E-state index contributed by atoms with van der Waals surface area (Å²) >= 11 is 1.79. The van der Waals surface area contributed by atoms with Gasteiger partial charge in [0.25, 0.3) is 0 Å². The first kappa shape index (κ1) is 13.5. The molecule has 0 saturated heterocycles. The largest absolute Gasteiger partial charge is 0.346 e. The van der Waals surface area contributed by atoms with Crippen molar-refractivity contribution in [3.05, 3.63) is 30.1 Å². The quantitative estimate of drug-likeness (QED) is 0.859. The molecule has 2 N–H and O–H groups in total. The van der Waals surface area contributed by atoms with Gasteiger partial charge in [0.1, 0.15) is 5.82 Å². The summed E-state index contributed by atoms with van der Waals surface area (Å²) in [6, 6.07) is 7.96. The molecule has 3 rings (SSSR count). The fraction of sp³-hybridized carbons (Fsp3) is 0.467. The molecule has 20 heavy (non-hydrogen) atoms. The van der Waals surface area contributed by atoms with Crippen molar-refractivity contribution in [2.75, 3.05) is 12.0 Å². The number of rotatable bonds is 6. The molecule has 1 aliphatic carbocycles. The maximum Gasteiger partial charge on any atom is 0.223 e. The zero-order valence-corrected chi connectivity index (χ0v) is 12.4. The number of nitrogens with zero attached hydrogens (tertiary/aromatic N) is 1. The van der Waals surface area contributed by atoms with Crippen molar-refractivity contribution in [3.63, 3.8) is 0 Å². The highest BCUT2D eigenvalue weighted by molar-refractivity contribution is 7.98. The van der Waals surface area contributed by atoms with Crippen molar-refractivity contribution in [1.82, 2.24) is 15.3 Å². The molecule has 1 aliphatic rings. The van der Waals surface area contributed by atoms with Crippen LogP contribution in [0.25, 0.3) is 11.0 Å². The fourth-order valence-corrected chi connectivity index (χ4v) is 2.76. The van der Waals surface area contributed by atoms with Crippen LogP contribution in [0.15, 0.2) is 24.3 Å². The zero-order valence-electron chi connectivity index (χ0n) is 11.6. The third kappa shape index (κ3) is 2.98. The van der Waals surface area contributed by atoms with Gasteiger partial charge in [-0.25, -0.2) is 4.98 Å². The van der Waals surface area contributed by atoms with Crippen LogP contribution >= 0.6 is 11.8 Å². The number of carbonyl (C=O) groups is 1. The minimum Gasteiger partial charge on any atom is -0.346 e. The summed E-state index contributed by atoms with van der Waals surface area (Å²) in [5.41, 5.74) is 1.98. The Kier molecular flexibility index (Phi) is 3.96. The molecule has 5 heteroatoms. The number of hydrogen-bond acceptors (Lipinski definition) is 3. The van der Waals surface area contributed by atoms with Gasteiger partial charge in [-0.05, 0) is 43.4 Å². The van der Waals surface area contributed by atoms with Gasteiger partial charge >= 0.3 is 0 Å². The first-order valence-electron chi connectivity index (χ1n) is 7.02. The number of carbonyl (C=O) groups excluding carboxylic acids is 1. The van der Waals surface area contributed by atoms with Gasteiger partial charge in [-0.2, -0.15) is 11.8 Å². The molecule has 0 spiro atoms. The molecule has 0 bridgehead atoms. The lowest BCUT2D eigenvalue weighted by atomic mass is 10.2. The van der Waals surface area contributed by atoms with Gasteiger partial charge in [0.15, 0.2) is 0 Å². The Morgan fingerprint density at radius 2 is 2.30 bits per heavy atom. The van der Waals surface area contributed by atoms with Crippen molar-refractivity contribution < 1.29 is 4.79 Å². The number of fused-ring (bicyclic) bond motifs is 1. The van der Waals surface area contributed by atoms with Gasteiger partial charge in [-0.15, -0.1) is 0 Å². The number of hydrogen-bond donors (Lipinski definition) is 2. The molecular weight excluding hydrogens is 270 g/mol. The third-order valence-corrected chi connectivity index (χ3v) is 4.26. The van der Waals surface area contributed by atoms with Crippen LogP contribution < -0.4 is 5.32 Å². The third-order valence-electron chi connectivity index (χ3n) is 3.61. The number of aromatic nitrogens is 2. The number of imidazole rings is 1. The Bertz CT molecular complexity index is 573. The minimum absolute atomic E-state index is 0.0112. The van der Waals surface area contributed by atoms with E-state index in [0.717, 1.165) is 41.9 Å². The molecule has 0 aliphatic heterocycles. The second-order valence-electron chi connectivity index (χ2n) is 5.26. The van der Waals surface area contributed by atoms with E-state index in [1.807, 2.05) is 24.3 Å². The van der Waals surface area contributed by atoms with Gasteiger partial charge in [-0.1, -0.05) is 12.1 Å². The predicted molar refractivity (Wildman–Crippen MR) is 82.7 cm³/mol. The summed E-state index contributed by atoms with van der Waals surface area (Å²) in [5.74, 6) is 2.29. The minimum atomic E-state index is -0.0112. The zero-order chi connectivity index (χ0) is 13.9. The van der Waals surface area contributed by atoms with Crippen LogP contribution in [0.5, 0.6) is 0 Å². The Morgan fingerprint density at radius 3 is 3.00 bits per heavy atom. The standard InChI is InChI=1S/C15H19N3OS/c1-20-9-8-13(18-15(19)10-6-7-10)14-16-11-4-2-3-5-12(11)17-14/h2-5,10,13H,6-9H2,1H3,(H,16,17)(H,18,19). The monoisotopic (exact) mass is 289 g/mol. The van der Waals surface area contributed by atoms with E-state index in [4.69, 9.17) is 0 Å². The summed E-state index contributed by atoms with van der Waals surface area (Å²) in [5, 5.41) is 3.14. The van der Waals surface area contributed by atoms with E-state index < -0.39 is 0 Å². The topological polar surface area (TPSA) is 57.8 Å². The molecule has 2 aromatic rings. The summed E-state index contributed by atoms with van der Waals surface area (Å²) in [4.78, 5) is 20.0.